The van der Waals surface area contributed by atoms with Crippen LogP contribution in [0.2, 0.25) is 0 Å². The number of carbonyl (C=O) groups excluding carboxylic acids is 3. The molecule has 260 valence electrons. The van der Waals surface area contributed by atoms with Gasteiger partial charge < -0.3 is 24.4 Å². The van der Waals surface area contributed by atoms with E-state index < -0.39 is 12.1 Å². The first kappa shape index (κ1) is 32.5. The molecule has 1 fully saturated rings. The lowest BCUT2D eigenvalue weighted by molar-refractivity contribution is -0.344. The number of carboxylic acids is 1. The molecule has 0 N–H and O–H groups in total. The van der Waals surface area contributed by atoms with Crippen LogP contribution in [-0.4, -0.2) is 68.0 Å². The summed E-state index contributed by atoms with van der Waals surface area (Å²) in [5.74, 6) is -0.644. The highest BCUT2D eigenvalue weighted by Crippen LogP contribution is 2.48. The molecule has 0 unspecified atom stereocenters. The maximum absolute atomic E-state index is 13.7. The summed E-state index contributed by atoms with van der Waals surface area (Å²) in [7, 11) is 0. The Kier molecular flexibility index (Phi) is 8.19. The quantitative estimate of drug-likeness (QED) is 0.301. The standard InChI is InChI=1S/C37H38N3O3.C2HF3O2/c41-27-12-18-40(19-13-27)37(42)26-7-1-6-23(20-26)32-30-21-24-8-2-14-38-16-4-10-28(33(24)38)35(30)43-36-29-11-5-17-39-15-3-9-25(34(29)39)22-31(32)36;3-2(4,5)1(6)7/h1,6-7,20-22H,2-5,8-19H2;(H,6,7)/q+1;/p-1. The topological polar surface area (TPSA) is 93.0 Å². The van der Waals surface area contributed by atoms with E-state index in [9.17, 15) is 22.8 Å². The molecule has 0 bridgehead atoms. The summed E-state index contributed by atoms with van der Waals surface area (Å²) in [6, 6.07) is 13.1. The second-order valence-corrected chi connectivity index (χ2v) is 14.0. The number of nitrogens with zero attached hydrogens (tertiary/aromatic N) is 3. The molecule has 0 aliphatic carbocycles. The van der Waals surface area contributed by atoms with Gasteiger partial charge in [-0.3, -0.25) is 9.59 Å². The molecule has 3 aromatic carbocycles. The minimum Gasteiger partial charge on any atom is -0.542 e. The maximum atomic E-state index is 13.7. The van der Waals surface area contributed by atoms with E-state index in [-0.39, 0.29) is 11.7 Å². The summed E-state index contributed by atoms with van der Waals surface area (Å²) in [5.41, 5.74) is 11.3. The van der Waals surface area contributed by atoms with Gasteiger partial charge in [0, 0.05) is 90.6 Å². The number of rotatable bonds is 2. The van der Waals surface area contributed by atoms with Gasteiger partial charge >= 0.3 is 6.18 Å². The number of carbonyl (C=O) groups is 3. The van der Waals surface area contributed by atoms with Gasteiger partial charge in [-0.15, -0.1) is 0 Å². The third kappa shape index (κ3) is 5.64. The molecule has 11 heteroatoms. The molecule has 6 aliphatic rings. The highest BCUT2D eigenvalue weighted by molar-refractivity contribution is 5.97. The number of alkyl halides is 3. The third-order valence-corrected chi connectivity index (χ3v) is 10.9. The van der Waals surface area contributed by atoms with Crippen molar-refractivity contribution in [1.29, 1.82) is 0 Å². The zero-order valence-electron chi connectivity index (χ0n) is 27.8. The zero-order valence-corrected chi connectivity index (χ0v) is 27.8. The van der Waals surface area contributed by atoms with E-state index in [0.29, 0.717) is 31.5 Å². The largest absolute Gasteiger partial charge is 0.542 e. The fourth-order valence-corrected chi connectivity index (χ4v) is 8.77. The van der Waals surface area contributed by atoms with E-state index in [4.69, 9.17) is 14.6 Å². The van der Waals surface area contributed by atoms with E-state index in [2.05, 4.69) is 33.7 Å². The van der Waals surface area contributed by atoms with Gasteiger partial charge in [-0.05, 0) is 73.9 Å². The Balaban J connectivity index is 0.000000470. The number of piperidine rings is 1. The van der Waals surface area contributed by atoms with E-state index in [1.54, 1.807) is 0 Å². The van der Waals surface area contributed by atoms with Crippen LogP contribution >= 0.6 is 0 Å². The highest BCUT2D eigenvalue weighted by atomic mass is 19.4. The monoisotopic (exact) mass is 685 g/mol. The molecule has 0 atom stereocenters. The first-order valence-electron chi connectivity index (χ1n) is 17.7. The second kappa shape index (κ2) is 12.6. The number of aryl methyl sites for hydroxylation is 2. The number of halogens is 3. The van der Waals surface area contributed by atoms with Crippen molar-refractivity contribution in [3.63, 3.8) is 0 Å². The number of ether oxygens (including phenoxy) is 1. The lowest BCUT2D eigenvalue weighted by Gasteiger charge is -2.39. The van der Waals surface area contributed by atoms with Crippen LogP contribution in [0.25, 0.3) is 5.57 Å². The predicted molar refractivity (Wildman–Crippen MR) is 178 cm³/mol. The molecule has 8 nitrogen and oxygen atoms in total. The van der Waals surface area contributed by atoms with Crippen molar-refractivity contribution in [2.45, 2.75) is 70.4 Å². The number of carboxylic acid groups (broad SMARTS) is 1. The normalized spacial score (nSPS) is 18.9. The van der Waals surface area contributed by atoms with Crippen molar-refractivity contribution in [1.82, 2.24) is 9.48 Å². The van der Waals surface area contributed by atoms with Gasteiger partial charge in [0.1, 0.15) is 36.3 Å². The minimum atomic E-state index is -5.19. The van der Waals surface area contributed by atoms with Crippen molar-refractivity contribution < 1.29 is 37.4 Å². The number of fused-ring (bicyclic) bond motifs is 4. The van der Waals surface area contributed by atoms with E-state index in [1.807, 2.05) is 17.0 Å². The molecule has 6 aliphatic heterocycles. The summed E-state index contributed by atoms with van der Waals surface area (Å²) >= 11 is 0. The van der Waals surface area contributed by atoms with Crippen LogP contribution in [0, 0.1) is 0 Å². The molecular weight excluding hydrogens is 647 g/mol. The minimum absolute atomic E-state index is 0.0230. The number of hydrogen-bond acceptors (Lipinski definition) is 6. The maximum Gasteiger partial charge on any atom is 0.430 e. The molecular formula is C39H38F3N3O5. The number of Topliss-reactive ketones (excluding diaryl/α,β-unsaturated/α-hetero) is 1. The van der Waals surface area contributed by atoms with Crippen LogP contribution in [0.5, 0.6) is 11.5 Å². The second-order valence-electron chi connectivity index (χ2n) is 14.0. The lowest BCUT2D eigenvalue weighted by atomic mass is 9.82. The van der Waals surface area contributed by atoms with Crippen molar-refractivity contribution in [3.8, 4) is 11.5 Å². The van der Waals surface area contributed by atoms with Gasteiger partial charge in [0.05, 0.1) is 5.56 Å². The van der Waals surface area contributed by atoms with Crippen LogP contribution in [0.3, 0.4) is 0 Å². The summed E-state index contributed by atoms with van der Waals surface area (Å²) in [5, 5.41) is 11.4. The smallest absolute Gasteiger partial charge is 0.430 e. The number of anilines is 1. The zero-order chi connectivity index (χ0) is 34.7. The van der Waals surface area contributed by atoms with Gasteiger partial charge in [0.2, 0.25) is 5.36 Å². The molecule has 0 saturated carbocycles. The number of amides is 1. The molecule has 1 amide bonds. The average molecular weight is 686 g/mol. The van der Waals surface area contributed by atoms with Gasteiger partial charge in [0.25, 0.3) is 5.91 Å². The molecule has 3 aromatic rings. The molecule has 9 rings (SSSR count). The molecule has 0 aromatic heterocycles. The highest BCUT2D eigenvalue weighted by Gasteiger charge is 2.36. The van der Waals surface area contributed by atoms with Crippen LogP contribution < -0.4 is 29.9 Å². The fourth-order valence-electron chi connectivity index (χ4n) is 8.77. The summed E-state index contributed by atoms with van der Waals surface area (Å²) < 4.78 is 41.3. The van der Waals surface area contributed by atoms with Crippen LogP contribution in [0.1, 0.15) is 82.3 Å². The lowest BCUT2D eigenvalue weighted by Crippen LogP contribution is -2.45. The number of benzene rings is 3. The summed E-state index contributed by atoms with van der Waals surface area (Å²) in [6.07, 6.45) is 4.69. The summed E-state index contributed by atoms with van der Waals surface area (Å²) in [4.78, 5) is 38.8. The van der Waals surface area contributed by atoms with Crippen LogP contribution in [-0.2, 0) is 35.3 Å². The first-order valence-corrected chi connectivity index (χ1v) is 17.7. The molecule has 0 radical (unpaired) electrons. The molecule has 1 saturated heterocycles. The molecule has 0 spiro atoms. The van der Waals surface area contributed by atoms with E-state index in [1.165, 1.54) is 62.5 Å². The Morgan fingerprint density at radius 2 is 1.48 bits per heavy atom. The number of ketones is 1. The number of likely N-dealkylation sites (tertiary alicyclic amines) is 1. The Morgan fingerprint density at radius 1 is 0.800 bits per heavy atom. The Hall–Kier alpha value is -4.67. The Morgan fingerprint density at radius 3 is 2.22 bits per heavy atom. The van der Waals surface area contributed by atoms with Crippen LogP contribution in [0.4, 0.5) is 18.9 Å². The third-order valence-electron chi connectivity index (χ3n) is 10.9. The first-order chi connectivity index (χ1) is 24.1. The van der Waals surface area contributed by atoms with Crippen molar-refractivity contribution in [2.24, 2.45) is 0 Å². The Bertz CT molecular complexity index is 2070. The SMILES string of the molecule is O=C([O-])C(F)(F)F.O=C1CCN(C(=O)c2cccc(C3=c4cc5c6c(c4Oc4c3cc3c7c4CCCN7CCC3)CCC[N+]=6CCC5)c2)CC1. The van der Waals surface area contributed by atoms with Crippen molar-refractivity contribution in [2.75, 3.05) is 44.2 Å². The fraction of sp³-hybridized carbons (Fsp3) is 0.436. The number of aliphatic carboxylic acids is 1. The van der Waals surface area contributed by atoms with Gasteiger partial charge in [0.15, 0.2) is 0 Å². The molecule has 6 heterocycles. The van der Waals surface area contributed by atoms with Gasteiger partial charge in [-0.1, -0.05) is 12.1 Å². The molecule has 50 heavy (non-hydrogen) atoms. The van der Waals surface area contributed by atoms with Gasteiger partial charge in [-0.2, -0.15) is 13.2 Å². The van der Waals surface area contributed by atoms with E-state index in [0.717, 1.165) is 81.8 Å². The van der Waals surface area contributed by atoms with E-state index >= 15 is 0 Å². The predicted octanol–water partition coefficient (Wildman–Crippen LogP) is 3.23. The van der Waals surface area contributed by atoms with Gasteiger partial charge in [-0.25, -0.2) is 4.58 Å². The van der Waals surface area contributed by atoms with Crippen LogP contribution in [0.15, 0.2) is 36.4 Å². The number of hydrogen-bond donors (Lipinski definition) is 0. The average Bonchev–Trinajstić information content (AvgIpc) is 3.11. The Labute approximate surface area is 287 Å². The van der Waals surface area contributed by atoms with Crippen molar-refractivity contribution in [3.05, 3.63) is 85.9 Å². The summed E-state index contributed by atoms with van der Waals surface area (Å²) in [6.45, 7) is 5.54. The van der Waals surface area contributed by atoms with Crippen molar-refractivity contribution >= 4 is 28.9 Å².